The van der Waals surface area contributed by atoms with Crippen molar-refractivity contribution in [3.8, 4) is 0 Å². The second-order valence-corrected chi connectivity index (χ2v) is 5.67. The van der Waals surface area contributed by atoms with Gasteiger partial charge in [0.2, 0.25) is 5.91 Å². The Morgan fingerprint density at radius 3 is 2.44 bits per heavy atom. The number of nitrogens with two attached hydrogens (primary N) is 1. The number of aliphatic hydroxyl groups excluding tert-OH is 1. The van der Waals surface area contributed by atoms with Crippen LogP contribution in [0.3, 0.4) is 0 Å². The molecule has 108 valence electrons. The van der Waals surface area contributed by atoms with Gasteiger partial charge in [-0.2, -0.15) is 0 Å². The van der Waals surface area contributed by atoms with Crippen LogP contribution in [0.15, 0.2) is 0 Å². The van der Waals surface area contributed by atoms with Crippen molar-refractivity contribution in [1.29, 1.82) is 0 Å². The van der Waals surface area contributed by atoms with Crippen molar-refractivity contribution in [2.45, 2.75) is 58.0 Å². The Morgan fingerprint density at radius 1 is 1.28 bits per heavy atom. The maximum absolute atomic E-state index is 11.7. The zero-order chi connectivity index (χ0) is 14.0. The molecule has 5 N–H and O–H groups in total. The molecule has 0 rings (SSSR count). The van der Waals surface area contributed by atoms with E-state index in [0.717, 1.165) is 25.8 Å². The SMILES string of the molecule is CC(C)(C)NC(=O)CC(CN)NCCCCCO. The van der Waals surface area contributed by atoms with Crippen molar-refractivity contribution in [2.75, 3.05) is 19.7 Å². The standard InChI is InChI=1S/C13H29N3O2/c1-13(2,3)16-12(18)9-11(10-14)15-7-5-4-6-8-17/h11,15,17H,4-10,14H2,1-3H3,(H,16,18). The van der Waals surface area contributed by atoms with Gasteiger partial charge in [0.1, 0.15) is 0 Å². The molecule has 0 aromatic rings. The van der Waals surface area contributed by atoms with Crippen LogP contribution in [0.25, 0.3) is 0 Å². The van der Waals surface area contributed by atoms with E-state index in [4.69, 9.17) is 10.8 Å². The van der Waals surface area contributed by atoms with E-state index in [1.54, 1.807) is 0 Å². The molecule has 18 heavy (non-hydrogen) atoms. The van der Waals surface area contributed by atoms with Crippen LogP contribution in [0, 0.1) is 0 Å². The van der Waals surface area contributed by atoms with Gasteiger partial charge in [-0.05, 0) is 46.6 Å². The average molecular weight is 259 g/mol. The van der Waals surface area contributed by atoms with E-state index in [0.29, 0.717) is 13.0 Å². The summed E-state index contributed by atoms with van der Waals surface area (Å²) >= 11 is 0. The highest BCUT2D eigenvalue weighted by molar-refractivity contribution is 5.77. The van der Waals surface area contributed by atoms with Crippen LogP contribution in [0.1, 0.15) is 46.5 Å². The Hall–Kier alpha value is -0.650. The van der Waals surface area contributed by atoms with E-state index in [1.807, 2.05) is 20.8 Å². The van der Waals surface area contributed by atoms with Gasteiger partial charge in [-0.1, -0.05) is 0 Å². The molecule has 0 aromatic heterocycles. The second-order valence-electron chi connectivity index (χ2n) is 5.67. The molecular weight excluding hydrogens is 230 g/mol. The first kappa shape index (κ1) is 17.4. The third kappa shape index (κ3) is 10.5. The van der Waals surface area contributed by atoms with Gasteiger partial charge in [-0.15, -0.1) is 0 Å². The Morgan fingerprint density at radius 2 is 1.94 bits per heavy atom. The molecule has 0 heterocycles. The van der Waals surface area contributed by atoms with E-state index >= 15 is 0 Å². The van der Waals surface area contributed by atoms with Gasteiger partial charge < -0.3 is 21.5 Å². The molecule has 0 saturated heterocycles. The summed E-state index contributed by atoms with van der Waals surface area (Å²) in [6.45, 7) is 7.43. The van der Waals surface area contributed by atoms with Crippen molar-refractivity contribution in [1.82, 2.24) is 10.6 Å². The van der Waals surface area contributed by atoms with Crippen molar-refractivity contribution in [2.24, 2.45) is 5.73 Å². The molecule has 0 saturated carbocycles. The summed E-state index contributed by atoms with van der Waals surface area (Å²) in [7, 11) is 0. The number of amides is 1. The van der Waals surface area contributed by atoms with Gasteiger partial charge in [0.25, 0.3) is 0 Å². The summed E-state index contributed by atoms with van der Waals surface area (Å²) < 4.78 is 0. The van der Waals surface area contributed by atoms with Crippen molar-refractivity contribution in [3.63, 3.8) is 0 Å². The van der Waals surface area contributed by atoms with Gasteiger partial charge in [0, 0.05) is 31.2 Å². The first-order valence-corrected chi connectivity index (χ1v) is 6.74. The second kappa shape index (κ2) is 9.30. The van der Waals surface area contributed by atoms with Crippen LogP contribution < -0.4 is 16.4 Å². The molecule has 0 aromatic carbocycles. The highest BCUT2D eigenvalue weighted by Crippen LogP contribution is 2.01. The normalized spacial score (nSPS) is 13.4. The summed E-state index contributed by atoms with van der Waals surface area (Å²) in [4.78, 5) is 11.7. The Balaban J connectivity index is 3.79. The van der Waals surface area contributed by atoms with E-state index in [2.05, 4.69) is 10.6 Å². The van der Waals surface area contributed by atoms with Gasteiger partial charge in [-0.3, -0.25) is 4.79 Å². The monoisotopic (exact) mass is 259 g/mol. The number of unbranched alkanes of at least 4 members (excludes halogenated alkanes) is 2. The molecular formula is C13H29N3O2. The molecule has 0 bridgehead atoms. The zero-order valence-electron chi connectivity index (χ0n) is 12.0. The summed E-state index contributed by atoms with van der Waals surface area (Å²) in [5, 5.41) is 14.9. The van der Waals surface area contributed by atoms with Crippen molar-refractivity contribution < 1.29 is 9.90 Å². The first-order valence-electron chi connectivity index (χ1n) is 6.74. The molecule has 1 amide bonds. The number of carbonyl (C=O) groups excluding carboxylic acids is 1. The maximum atomic E-state index is 11.7. The molecule has 5 nitrogen and oxygen atoms in total. The molecule has 0 aliphatic carbocycles. The number of nitrogens with one attached hydrogen (secondary N) is 2. The maximum Gasteiger partial charge on any atom is 0.222 e. The average Bonchev–Trinajstić information content (AvgIpc) is 2.24. The fourth-order valence-corrected chi connectivity index (χ4v) is 1.65. The van der Waals surface area contributed by atoms with Crippen LogP contribution in [0.2, 0.25) is 0 Å². The number of rotatable bonds is 9. The zero-order valence-corrected chi connectivity index (χ0v) is 12.0. The predicted octanol–water partition coefficient (Wildman–Crippen LogP) is 0.371. The van der Waals surface area contributed by atoms with Crippen LogP contribution in [0.4, 0.5) is 0 Å². The molecule has 0 spiro atoms. The summed E-state index contributed by atoms with van der Waals surface area (Å²) in [6, 6.07) is 0.0291. The van der Waals surface area contributed by atoms with Gasteiger partial charge >= 0.3 is 0 Å². The summed E-state index contributed by atoms with van der Waals surface area (Å²) in [6.07, 6.45) is 3.24. The molecule has 0 fully saturated rings. The highest BCUT2D eigenvalue weighted by atomic mass is 16.2. The Kier molecular flexibility index (Phi) is 8.97. The fourth-order valence-electron chi connectivity index (χ4n) is 1.65. The lowest BCUT2D eigenvalue weighted by Gasteiger charge is -2.23. The third-order valence-corrected chi connectivity index (χ3v) is 2.50. The third-order valence-electron chi connectivity index (χ3n) is 2.50. The quantitative estimate of drug-likeness (QED) is 0.451. The lowest BCUT2D eigenvalue weighted by Crippen LogP contribution is -2.46. The fraction of sp³-hybridized carbons (Fsp3) is 0.923. The Labute approximate surface area is 111 Å². The minimum absolute atomic E-state index is 0.0285. The minimum Gasteiger partial charge on any atom is -0.396 e. The number of hydrogen-bond donors (Lipinski definition) is 4. The summed E-state index contributed by atoms with van der Waals surface area (Å²) in [5.41, 5.74) is 5.45. The van der Waals surface area contributed by atoms with Crippen molar-refractivity contribution >= 4 is 5.91 Å². The first-order chi connectivity index (χ1) is 8.39. The lowest BCUT2D eigenvalue weighted by atomic mass is 10.1. The predicted molar refractivity (Wildman–Crippen MR) is 74.3 cm³/mol. The van der Waals surface area contributed by atoms with Crippen LogP contribution in [0.5, 0.6) is 0 Å². The van der Waals surface area contributed by atoms with E-state index < -0.39 is 0 Å². The number of hydrogen-bond acceptors (Lipinski definition) is 4. The number of carbonyl (C=O) groups is 1. The van der Waals surface area contributed by atoms with Gasteiger partial charge in [0.15, 0.2) is 0 Å². The molecule has 0 aliphatic rings. The summed E-state index contributed by atoms with van der Waals surface area (Å²) in [5.74, 6) is 0.0285. The lowest BCUT2D eigenvalue weighted by molar-refractivity contribution is -0.122. The van der Waals surface area contributed by atoms with Crippen LogP contribution in [-0.2, 0) is 4.79 Å². The van der Waals surface area contributed by atoms with E-state index in [1.165, 1.54) is 0 Å². The van der Waals surface area contributed by atoms with Crippen LogP contribution >= 0.6 is 0 Å². The van der Waals surface area contributed by atoms with E-state index in [-0.39, 0.29) is 24.1 Å². The Bertz CT molecular complexity index is 227. The molecule has 1 unspecified atom stereocenters. The topological polar surface area (TPSA) is 87.4 Å². The molecule has 5 heteroatoms. The molecule has 0 radical (unpaired) electrons. The molecule has 0 aliphatic heterocycles. The molecule has 1 atom stereocenters. The largest absolute Gasteiger partial charge is 0.396 e. The minimum atomic E-state index is -0.197. The van der Waals surface area contributed by atoms with Crippen LogP contribution in [-0.4, -0.2) is 42.3 Å². The smallest absolute Gasteiger partial charge is 0.222 e. The highest BCUT2D eigenvalue weighted by Gasteiger charge is 2.17. The van der Waals surface area contributed by atoms with Gasteiger partial charge in [-0.25, -0.2) is 0 Å². The number of aliphatic hydroxyl groups is 1. The van der Waals surface area contributed by atoms with Crippen molar-refractivity contribution in [3.05, 3.63) is 0 Å². The van der Waals surface area contributed by atoms with E-state index in [9.17, 15) is 4.79 Å². The van der Waals surface area contributed by atoms with Gasteiger partial charge in [0.05, 0.1) is 0 Å².